The molecule has 0 radical (unpaired) electrons. The topological polar surface area (TPSA) is 49.3 Å². The van der Waals surface area contributed by atoms with Crippen molar-refractivity contribution in [1.29, 1.82) is 0 Å². The summed E-state index contributed by atoms with van der Waals surface area (Å²) in [4.78, 5) is 10.6. The molecule has 1 unspecified atom stereocenters. The van der Waals surface area contributed by atoms with Crippen LogP contribution < -0.4 is 5.32 Å². The fourth-order valence-electron chi connectivity index (χ4n) is 1.35. The first-order chi connectivity index (χ1) is 8.00. The van der Waals surface area contributed by atoms with Crippen molar-refractivity contribution in [2.45, 2.75) is 19.9 Å². The van der Waals surface area contributed by atoms with Gasteiger partial charge in [0.1, 0.15) is 0 Å². The molecule has 0 spiro atoms. The number of rotatable bonds is 5. The van der Waals surface area contributed by atoms with Crippen molar-refractivity contribution in [3.05, 3.63) is 46.5 Å². The Kier molecular flexibility index (Phi) is 5.19. The smallest absolute Gasteiger partial charge is 0.330 e. The predicted molar refractivity (Wildman–Crippen MR) is 69.3 cm³/mol. The van der Waals surface area contributed by atoms with Crippen LogP contribution >= 0.6 is 11.6 Å². The summed E-state index contributed by atoms with van der Waals surface area (Å²) in [6, 6.07) is 7.74. The van der Waals surface area contributed by atoms with Gasteiger partial charge in [0.2, 0.25) is 0 Å². The average Bonchev–Trinajstić information content (AvgIpc) is 2.29. The quantitative estimate of drug-likeness (QED) is 0.793. The summed E-state index contributed by atoms with van der Waals surface area (Å²) in [6.07, 6.45) is 1.66. The minimum absolute atomic E-state index is 0.158. The van der Waals surface area contributed by atoms with Crippen LogP contribution in [0.1, 0.15) is 25.5 Å². The largest absolute Gasteiger partial charge is 0.478 e. The Morgan fingerprint density at radius 2 is 2.06 bits per heavy atom. The van der Waals surface area contributed by atoms with E-state index in [2.05, 4.69) is 5.32 Å². The molecule has 0 aromatic heterocycles. The molecule has 0 saturated carbocycles. The molecule has 1 aromatic rings. The van der Waals surface area contributed by atoms with Crippen LogP contribution in [0.15, 0.2) is 35.9 Å². The van der Waals surface area contributed by atoms with E-state index in [1.807, 2.05) is 31.2 Å². The molecule has 1 aromatic carbocycles. The fourth-order valence-corrected chi connectivity index (χ4v) is 1.47. The summed E-state index contributed by atoms with van der Waals surface area (Å²) in [5.74, 6) is -0.883. The third-order valence-corrected chi connectivity index (χ3v) is 2.79. The van der Waals surface area contributed by atoms with Crippen molar-refractivity contribution in [2.75, 3.05) is 6.54 Å². The van der Waals surface area contributed by atoms with Crippen molar-refractivity contribution in [3.63, 3.8) is 0 Å². The molecule has 2 N–H and O–H groups in total. The lowest BCUT2D eigenvalue weighted by Crippen LogP contribution is -2.19. The van der Waals surface area contributed by atoms with Crippen LogP contribution in [0.5, 0.6) is 0 Å². The van der Waals surface area contributed by atoms with Crippen LogP contribution in [-0.2, 0) is 4.79 Å². The minimum atomic E-state index is -0.883. The highest BCUT2D eigenvalue weighted by Crippen LogP contribution is 2.15. The maximum atomic E-state index is 10.6. The molecule has 92 valence electrons. The third kappa shape index (κ3) is 4.59. The van der Waals surface area contributed by atoms with E-state index in [0.717, 1.165) is 5.56 Å². The van der Waals surface area contributed by atoms with Gasteiger partial charge in [-0.2, -0.15) is 0 Å². The molecular weight excluding hydrogens is 238 g/mol. The third-order valence-electron chi connectivity index (χ3n) is 2.54. The standard InChI is InChI=1S/C13H16ClNO2/c1-9(13(16)17)7-8-15-10(2)11-3-5-12(14)6-4-11/h3-7,10,15H,8H2,1-2H3,(H,16,17)/b9-7-. The molecule has 1 atom stereocenters. The second-order valence-corrected chi connectivity index (χ2v) is 4.31. The molecule has 0 aliphatic rings. The molecule has 0 aliphatic carbocycles. The van der Waals surface area contributed by atoms with Crippen molar-refractivity contribution >= 4 is 17.6 Å². The number of carboxylic acids is 1. The van der Waals surface area contributed by atoms with Crippen LogP contribution in [0.2, 0.25) is 5.02 Å². The molecule has 0 amide bonds. The monoisotopic (exact) mass is 253 g/mol. The Labute approximate surface area is 106 Å². The first-order valence-corrected chi connectivity index (χ1v) is 5.77. The van der Waals surface area contributed by atoms with Crippen LogP contribution in [0.3, 0.4) is 0 Å². The van der Waals surface area contributed by atoms with Gasteiger partial charge < -0.3 is 10.4 Å². The molecule has 0 saturated heterocycles. The van der Waals surface area contributed by atoms with Gasteiger partial charge in [0, 0.05) is 23.2 Å². The lowest BCUT2D eigenvalue weighted by Gasteiger charge is -2.12. The Morgan fingerprint density at radius 1 is 1.47 bits per heavy atom. The summed E-state index contributed by atoms with van der Waals surface area (Å²) in [6.45, 7) is 4.13. The van der Waals surface area contributed by atoms with E-state index in [0.29, 0.717) is 17.1 Å². The highest BCUT2D eigenvalue weighted by Gasteiger charge is 2.04. The van der Waals surface area contributed by atoms with Crippen LogP contribution in [0.25, 0.3) is 0 Å². The van der Waals surface area contributed by atoms with E-state index in [4.69, 9.17) is 16.7 Å². The molecule has 3 nitrogen and oxygen atoms in total. The SMILES string of the molecule is C/C(=C/CNC(C)c1ccc(Cl)cc1)C(=O)O. The maximum Gasteiger partial charge on any atom is 0.330 e. The van der Waals surface area contributed by atoms with Crippen LogP contribution in [0.4, 0.5) is 0 Å². The number of halogens is 1. The number of nitrogens with one attached hydrogen (secondary N) is 1. The normalized spacial score (nSPS) is 13.5. The van der Waals surface area contributed by atoms with Gasteiger partial charge in [0.05, 0.1) is 0 Å². The van der Waals surface area contributed by atoms with E-state index in [9.17, 15) is 4.79 Å². The van der Waals surface area contributed by atoms with Gasteiger partial charge in [-0.3, -0.25) is 0 Å². The summed E-state index contributed by atoms with van der Waals surface area (Å²) in [7, 11) is 0. The number of carboxylic acid groups (broad SMARTS) is 1. The zero-order chi connectivity index (χ0) is 12.8. The van der Waals surface area contributed by atoms with Crippen molar-refractivity contribution < 1.29 is 9.90 Å². The highest BCUT2D eigenvalue weighted by atomic mass is 35.5. The van der Waals surface area contributed by atoms with E-state index in [1.54, 1.807) is 13.0 Å². The van der Waals surface area contributed by atoms with Gasteiger partial charge in [-0.05, 0) is 31.5 Å². The van der Waals surface area contributed by atoms with Crippen molar-refractivity contribution in [3.8, 4) is 0 Å². The van der Waals surface area contributed by atoms with Gasteiger partial charge in [-0.1, -0.05) is 29.8 Å². The first kappa shape index (κ1) is 13.7. The Hall–Kier alpha value is -1.32. The molecule has 1 rings (SSSR count). The Morgan fingerprint density at radius 3 is 2.59 bits per heavy atom. The Bertz CT molecular complexity index is 412. The summed E-state index contributed by atoms with van der Waals surface area (Å²) >= 11 is 5.80. The first-order valence-electron chi connectivity index (χ1n) is 5.39. The number of carbonyl (C=O) groups is 1. The molecule has 0 fully saturated rings. The van der Waals surface area contributed by atoms with Gasteiger partial charge in [-0.15, -0.1) is 0 Å². The second-order valence-electron chi connectivity index (χ2n) is 3.87. The van der Waals surface area contributed by atoms with E-state index in [-0.39, 0.29) is 6.04 Å². The average molecular weight is 254 g/mol. The zero-order valence-corrected chi connectivity index (χ0v) is 10.7. The molecule has 17 heavy (non-hydrogen) atoms. The second kappa shape index (κ2) is 6.42. The molecule has 0 bridgehead atoms. The van der Waals surface area contributed by atoms with Gasteiger partial charge >= 0.3 is 5.97 Å². The molecule has 0 heterocycles. The number of hydrogen-bond donors (Lipinski definition) is 2. The Balaban J connectivity index is 2.50. The van der Waals surface area contributed by atoms with E-state index >= 15 is 0 Å². The lowest BCUT2D eigenvalue weighted by atomic mass is 10.1. The van der Waals surface area contributed by atoms with Crippen LogP contribution in [-0.4, -0.2) is 17.6 Å². The van der Waals surface area contributed by atoms with E-state index in [1.165, 1.54) is 0 Å². The fraction of sp³-hybridized carbons (Fsp3) is 0.308. The van der Waals surface area contributed by atoms with Gasteiger partial charge in [0.15, 0.2) is 0 Å². The van der Waals surface area contributed by atoms with Crippen molar-refractivity contribution in [1.82, 2.24) is 5.32 Å². The summed E-state index contributed by atoms with van der Waals surface area (Å²) < 4.78 is 0. The predicted octanol–water partition coefficient (Wildman–Crippen LogP) is 3.02. The number of hydrogen-bond acceptors (Lipinski definition) is 2. The molecular formula is C13H16ClNO2. The number of benzene rings is 1. The molecule has 0 aliphatic heterocycles. The summed E-state index contributed by atoms with van der Waals surface area (Å²) in [5.41, 5.74) is 1.47. The summed E-state index contributed by atoms with van der Waals surface area (Å²) in [5, 5.41) is 12.6. The lowest BCUT2D eigenvalue weighted by molar-refractivity contribution is -0.132. The minimum Gasteiger partial charge on any atom is -0.478 e. The maximum absolute atomic E-state index is 10.6. The number of aliphatic carboxylic acids is 1. The van der Waals surface area contributed by atoms with Crippen LogP contribution in [0, 0.1) is 0 Å². The van der Waals surface area contributed by atoms with Gasteiger partial charge in [-0.25, -0.2) is 4.79 Å². The van der Waals surface area contributed by atoms with E-state index < -0.39 is 5.97 Å². The van der Waals surface area contributed by atoms with Gasteiger partial charge in [0.25, 0.3) is 0 Å². The highest BCUT2D eigenvalue weighted by molar-refractivity contribution is 6.30. The van der Waals surface area contributed by atoms with Crippen molar-refractivity contribution in [2.24, 2.45) is 0 Å². The molecule has 4 heteroatoms. The zero-order valence-electron chi connectivity index (χ0n) is 9.90.